The lowest BCUT2D eigenvalue weighted by atomic mass is 9.91. The Kier molecular flexibility index (Phi) is 4.53. The maximum atomic E-state index is 5.83. The molecular weight excluding hydrogens is 242 g/mol. The molecule has 0 fully saturated rings. The standard InChI is InChI=1S/C15H23NO3/c1-5-6-16-15-10(2)9-19-13-8-11(17-3)7-12(18-4)14(13)15/h7-8,10,15-16H,5-6,9H2,1-4H3. The molecule has 106 valence electrons. The molecule has 0 radical (unpaired) electrons. The number of hydrogen-bond acceptors (Lipinski definition) is 4. The summed E-state index contributed by atoms with van der Waals surface area (Å²) in [5.41, 5.74) is 1.11. The van der Waals surface area contributed by atoms with Crippen molar-refractivity contribution in [2.45, 2.75) is 26.3 Å². The predicted molar refractivity (Wildman–Crippen MR) is 75.2 cm³/mol. The lowest BCUT2D eigenvalue weighted by Crippen LogP contribution is -2.34. The molecule has 1 N–H and O–H groups in total. The number of rotatable bonds is 5. The minimum Gasteiger partial charge on any atom is -0.496 e. The van der Waals surface area contributed by atoms with Crippen LogP contribution in [-0.4, -0.2) is 27.4 Å². The maximum Gasteiger partial charge on any atom is 0.131 e. The molecule has 0 saturated heterocycles. The molecule has 1 aromatic carbocycles. The van der Waals surface area contributed by atoms with Crippen molar-refractivity contribution in [3.05, 3.63) is 17.7 Å². The highest BCUT2D eigenvalue weighted by Gasteiger charge is 2.31. The van der Waals surface area contributed by atoms with Crippen molar-refractivity contribution in [2.75, 3.05) is 27.4 Å². The third-order valence-electron chi connectivity index (χ3n) is 3.53. The van der Waals surface area contributed by atoms with Crippen LogP contribution in [0.3, 0.4) is 0 Å². The molecule has 0 aliphatic carbocycles. The van der Waals surface area contributed by atoms with Crippen LogP contribution in [0.4, 0.5) is 0 Å². The molecule has 1 aliphatic heterocycles. The van der Waals surface area contributed by atoms with Gasteiger partial charge in [0.1, 0.15) is 17.2 Å². The zero-order valence-corrected chi connectivity index (χ0v) is 12.2. The van der Waals surface area contributed by atoms with Crippen LogP contribution >= 0.6 is 0 Å². The van der Waals surface area contributed by atoms with Crippen molar-refractivity contribution in [3.8, 4) is 17.2 Å². The zero-order valence-electron chi connectivity index (χ0n) is 12.2. The monoisotopic (exact) mass is 265 g/mol. The Bertz CT molecular complexity index is 416. The molecule has 1 aromatic rings. The molecule has 1 heterocycles. The maximum absolute atomic E-state index is 5.83. The number of nitrogens with one attached hydrogen (secondary N) is 1. The average Bonchev–Trinajstić information content (AvgIpc) is 2.45. The lowest BCUT2D eigenvalue weighted by Gasteiger charge is -2.33. The molecule has 19 heavy (non-hydrogen) atoms. The fourth-order valence-corrected chi connectivity index (χ4v) is 2.49. The van der Waals surface area contributed by atoms with Gasteiger partial charge in [0.2, 0.25) is 0 Å². The Morgan fingerprint density at radius 1 is 1.32 bits per heavy atom. The van der Waals surface area contributed by atoms with Gasteiger partial charge in [-0.3, -0.25) is 0 Å². The largest absolute Gasteiger partial charge is 0.496 e. The second-order valence-electron chi connectivity index (χ2n) is 4.96. The van der Waals surface area contributed by atoms with E-state index in [-0.39, 0.29) is 6.04 Å². The molecule has 2 unspecified atom stereocenters. The Morgan fingerprint density at radius 3 is 2.74 bits per heavy atom. The molecule has 0 saturated carbocycles. The van der Waals surface area contributed by atoms with E-state index >= 15 is 0 Å². The van der Waals surface area contributed by atoms with Crippen molar-refractivity contribution in [2.24, 2.45) is 5.92 Å². The summed E-state index contributed by atoms with van der Waals surface area (Å²) >= 11 is 0. The summed E-state index contributed by atoms with van der Waals surface area (Å²) < 4.78 is 16.6. The molecule has 4 nitrogen and oxygen atoms in total. The van der Waals surface area contributed by atoms with E-state index < -0.39 is 0 Å². The normalized spacial score (nSPS) is 21.5. The number of benzene rings is 1. The first-order valence-corrected chi connectivity index (χ1v) is 6.83. The van der Waals surface area contributed by atoms with E-state index in [4.69, 9.17) is 14.2 Å². The summed E-state index contributed by atoms with van der Waals surface area (Å²) in [6.07, 6.45) is 1.11. The van der Waals surface area contributed by atoms with Gasteiger partial charge in [0.15, 0.2) is 0 Å². The Hall–Kier alpha value is -1.42. The minimum atomic E-state index is 0.268. The van der Waals surface area contributed by atoms with Crippen LogP contribution in [0.5, 0.6) is 17.2 Å². The molecule has 0 amide bonds. The van der Waals surface area contributed by atoms with E-state index in [0.29, 0.717) is 12.5 Å². The van der Waals surface area contributed by atoms with E-state index in [1.54, 1.807) is 14.2 Å². The molecule has 1 aliphatic rings. The van der Waals surface area contributed by atoms with Crippen molar-refractivity contribution in [1.29, 1.82) is 0 Å². The van der Waals surface area contributed by atoms with Crippen LogP contribution in [0.2, 0.25) is 0 Å². The van der Waals surface area contributed by atoms with Gasteiger partial charge in [-0.25, -0.2) is 0 Å². The fourth-order valence-electron chi connectivity index (χ4n) is 2.49. The van der Waals surface area contributed by atoms with Gasteiger partial charge >= 0.3 is 0 Å². The van der Waals surface area contributed by atoms with E-state index in [1.165, 1.54) is 0 Å². The van der Waals surface area contributed by atoms with Crippen molar-refractivity contribution >= 4 is 0 Å². The highest BCUT2D eigenvalue weighted by Crippen LogP contribution is 2.43. The van der Waals surface area contributed by atoms with Gasteiger partial charge in [0, 0.05) is 24.1 Å². The van der Waals surface area contributed by atoms with Gasteiger partial charge in [-0.05, 0) is 13.0 Å². The molecule has 0 bridgehead atoms. The van der Waals surface area contributed by atoms with Crippen molar-refractivity contribution < 1.29 is 14.2 Å². The quantitative estimate of drug-likeness (QED) is 0.888. The van der Waals surface area contributed by atoms with Gasteiger partial charge in [-0.1, -0.05) is 13.8 Å². The first kappa shape index (κ1) is 14.0. The van der Waals surface area contributed by atoms with E-state index in [2.05, 4.69) is 19.2 Å². The number of hydrogen-bond donors (Lipinski definition) is 1. The molecule has 2 atom stereocenters. The molecule has 0 aromatic heterocycles. The first-order valence-electron chi connectivity index (χ1n) is 6.83. The topological polar surface area (TPSA) is 39.7 Å². The Morgan fingerprint density at radius 2 is 2.11 bits per heavy atom. The smallest absolute Gasteiger partial charge is 0.131 e. The van der Waals surface area contributed by atoms with Crippen LogP contribution in [0.15, 0.2) is 12.1 Å². The summed E-state index contributed by atoms with van der Waals surface area (Å²) in [6, 6.07) is 4.12. The summed E-state index contributed by atoms with van der Waals surface area (Å²) in [4.78, 5) is 0. The minimum absolute atomic E-state index is 0.268. The molecule has 2 rings (SSSR count). The average molecular weight is 265 g/mol. The summed E-state index contributed by atoms with van der Waals surface area (Å²) in [5, 5.41) is 3.59. The van der Waals surface area contributed by atoms with E-state index in [9.17, 15) is 0 Å². The molecule has 0 spiro atoms. The Labute approximate surface area is 115 Å². The van der Waals surface area contributed by atoms with Crippen LogP contribution < -0.4 is 19.5 Å². The highest BCUT2D eigenvalue weighted by molar-refractivity contribution is 5.53. The summed E-state index contributed by atoms with van der Waals surface area (Å²) in [7, 11) is 3.34. The third kappa shape index (κ3) is 2.78. The van der Waals surface area contributed by atoms with Gasteiger partial charge in [0.05, 0.1) is 26.4 Å². The van der Waals surface area contributed by atoms with Crippen LogP contribution in [0.25, 0.3) is 0 Å². The second-order valence-corrected chi connectivity index (χ2v) is 4.96. The van der Waals surface area contributed by atoms with E-state index in [1.807, 2.05) is 12.1 Å². The highest BCUT2D eigenvalue weighted by atomic mass is 16.5. The van der Waals surface area contributed by atoms with Crippen LogP contribution in [0, 0.1) is 5.92 Å². The van der Waals surface area contributed by atoms with Gasteiger partial charge in [-0.15, -0.1) is 0 Å². The van der Waals surface area contributed by atoms with E-state index in [0.717, 1.165) is 35.8 Å². The second kappa shape index (κ2) is 6.15. The SMILES string of the molecule is CCCNC1c2c(OC)cc(OC)cc2OCC1C. The zero-order chi connectivity index (χ0) is 13.8. The third-order valence-corrected chi connectivity index (χ3v) is 3.53. The lowest BCUT2D eigenvalue weighted by molar-refractivity contribution is 0.183. The van der Waals surface area contributed by atoms with Crippen molar-refractivity contribution in [3.63, 3.8) is 0 Å². The molecule has 4 heteroatoms. The molecular formula is C15H23NO3. The number of ether oxygens (including phenoxy) is 3. The Balaban J connectivity index is 2.41. The summed E-state index contributed by atoms with van der Waals surface area (Å²) in [5.74, 6) is 2.87. The number of methoxy groups -OCH3 is 2. The fraction of sp³-hybridized carbons (Fsp3) is 0.600. The van der Waals surface area contributed by atoms with Gasteiger partial charge < -0.3 is 19.5 Å². The number of fused-ring (bicyclic) bond motifs is 1. The van der Waals surface area contributed by atoms with Crippen molar-refractivity contribution in [1.82, 2.24) is 5.32 Å². The summed E-state index contributed by atoms with van der Waals surface area (Å²) in [6.45, 7) is 6.07. The predicted octanol–water partition coefficient (Wildman–Crippen LogP) is 2.77. The first-order chi connectivity index (χ1) is 9.21. The van der Waals surface area contributed by atoms with Crippen LogP contribution in [-0.2, 0) is 0 Å². The van der Waals surface area contributed by atoms with Crippen LogP contribution in [0.1, 0.15) is 31.9 Å². The van der Waals surface area contributed by atoms with Gasteiger partial charge in [-0.2, -0.15) is 0 Å². The van der Waals surface area contributed by atoms with Gasteiger partial charge in [0.25, 0.3) is 0 Å².